The number of anilines is 1. The van der Waals surface area contributed by atoms with Crippen molar-refractivity contribution in [2.24, 2.45) is 11.1 Å². The molecular weight excluding hydrogens is 320 g/mol. The second-order valence-corrected chi connectivity index (χ2v) is 6.98. The normalized spacial score (nSPS) is 24.6. The Hall–Kier alpha value is -2.32. The number of carbonyl (C=O) groups excluding carboxylic acids is 1. The van der Waals surface area contributed by atoms with Gasteiger partial charge in [0.2, 0.25) is 5.91 Å². The van der Waals surface area contributed by atoms with Gasteiger partial charge in [-0.15, -0.1) is 5.10 Å². The molecule has 1 amide bonds. The van der Waals surface area contributed by atoms with Gasteiger partial charge in [0, 0.05) is 24.1 Å². The molecule has 1 fully saturated rings. The topological polar surface area (TPSA) is 108 Å². The Balaban J connectivity index is 1.77. The van der Waals surface area contributed by atoms with Crippen LogP contribution in [0.5, 0.6) is 0 Å². The zero-order valence-electron chi connectivity index (χ0n) is 15.0. The van der Waals surface area contributed by atoms with Crippen LogP contribution in [0.3, 0.4) is 0 Å². The molecule has 25 heavy (non-hydrogen) atoms. The number of tetrazole rings is 1. The number of ether oxygens (including phenoxy) is 1. The summed E-state index contributed by atoms with van der Waals surface area (Å²) in [5, 5.41) is 14.4. The molecule has 2 atom stereocenters. The highest BCUT2D eigenvalue weighted by atomic mass is 16.5. The molecule has 0 spiro atoms. The minimum absolute atomic E-state index is 0.0107. The number of nitrogens with one attached hydrogen (secondary N) is 1. The second-order valence-electron chi connectivity index (χ2n) is 6.98. The van der Waals surface area contributed by atoms with Gasteiger partial charge < -0.3 is 15.8 Å². The van der Waals surface area contributed by atoms with Gasteiger partial charge in [-0.3, -0.25) is 4.79 Å². The molecule has 1 aromatic heterocycles. The Kier molecular flexibility index (Phi) is 4.34. The van der Waals surface area contributed by atoms with E-state index in [1.54, 1.807) is 4.68 Å². The van der Waals surface area contributed by atoms with E-state index in [0.29, 0.717) is 24.5 Å². The van der Waals surface area contributed by atoms with Crippen LogP contribution in [0, 0.1) is 12.3 Å². The standard InChI is InChI=1S/C17H24N6O2/c1-5-25-14-10-17(18,16(14,3)4)15(24)19-12-7-6-8-13(9-12)23-11(2)20-21-22-23/h6-9,14H,5,10,18H2,1-4H3,(H,19,24). The maximum absolute atomic E-state index is 12.8. The molecule has 1 aromatic carbocycles. The number of aromatic nitrogens is 4. The van der Waals surface area contributed by atoms with Gasteiger partial charge in [-0.1, -0.05) is 19.9 Å². The Labute approximate surface area is 146 Å². The summed E-state index contributed by atoms with van der Waals surface area (Å²) in [6.45, 7) is 8.30. The minimum Gasteiger partial charge on any atom is -0.378 e. The lowest BCUT2D eigenvalue weighted by Gasteiger charge is -2.57. The zero-order valence-corrected chi connectivity index (χ0v) is 15.0. The lowest BCUT2D eigenvalue weighted by molar-refractivity contribution is -0.166. The number of hydrogen-bond donors (Lipinski definition) is 2. The van der Waals surface area contributed by atoms with Crippen molar-refractivity contribution in [2.75, 3.05) is 11.9 Å². The first-order chi connectivity index (χ1) is 11.8. The Morgan fingerprint density at radius 3 is 2.84 bits per heavy atom. The molecular formula is C17H24N6O2. The Bertz CT molecular complexity index is 787. The molecule has 1 aliphatic carbocycles. The number of nitrogens with two attached hydrogens (primary N) is 1. The van der Waals surface area contributed by atoms with E-state index in [1.165, 1.54) is 0 Å². The average molecular weight is 344 g/mol. The summed E-state index contributed by atoms with van der Waals surface area (Å²) in [5.74, 6) is 0.456. The number of amides is 1. The third-order valence-electron chi connectivity index (χ3n) is 5.21. The van der Waals surface area contributed by atoms with Crippen molar-refractivity contribution in [2.45, 2.75) is 45.8 Å². The van der Waals surface area contributed by atoms with E-state index in [0.717, 1.165) is 5.69 Å². The fraction of sp³-hybridized carbons (Fsp3) is 0.529. The number of aryl methyl sites for hydroxylation is 1. The van der Waals surface area contributed by atoms with E-state index in [2.05, 4.69) is 20.8 Å². The van der Waals surface area contributed by atoms with Gasteiger partial charge in [-0.05, 0) is 42.5 Å². The molecule has 3 N–H and O–H groups in total. The maximum atomic E-state index is 12.8. The molecule has 0 radical (unpaired) electrons. The van der Waals surface area contributed by atoms with E-state index < -0.39 is 11.0 Å². The van der Waals surface area contributed by atoms with Crippen LogP contribution in [-0.2, 0) is 9.53 Å². The minimum atomic E-state index is -0.965. The number of hydrogen-bond acceptors (Lipinski definition) is 6. The van der Waals surface area contributed by atoms with Gasteiger partial charge in [0.15, 0.2) is 5.82 Å². The van der Waals surface area contributed by atoms with Crippen molar-refractivity contribution in [1.29, 1.82) is 0 Å². The van der Waals surface area contributed by atoms with Gasteiger partial charge in [0.1, 0.15) is 5.54 Å². The molecule has 0 bridgehead atoms. The third-order valence-corrected chi connectivity index (χ3v) is 5.21. The van der Waals surface area contributed by atoms with Crippen LogP contribution in [0.2, 0.25) is 0 Å². The number of benzene rings is 1. The van der Waals surface area contributed by atoms with Crippen LogP contribution in [0.1, 0.15) is 33.0 Å². The number of rotatable bonds is 5. The lowest BCUT2D eigenvalue weighted by atomic mass is 9.54. The summed E-state index contributed by atoms with van der Waals surface area (Å²) in [5.41, 5.74) is 6.44. The van der Waals surface area contributed by atoms with Crippen LogP contribution < -0.4 is 11.1 Å². The van der Waals surface area contributed by atoms with E-state index in [1.807, 2.05) is 52.0 Å². The molecule has 1 saturated carbocycles. The molecule has 3 rings (SSSR count). The molecule has 2 unspecified atom stereocenters. The van der Waals surface area contributed by atoms with Gasteiger partial charge >= 0.3 is 0 Å². The molecule has 1 aliphatic rings. The van der Waals surface area contributed by atoms with Crippen LogP contribution in [0.15, 0.2) is 24.3 Å². The van der Waals surface area contributed by atoms with Gasteiger partial charge in [-0.2, -0.15) is 4.68 Å². The van der Waals surface area contributed by atoms with E-state index in [9.17, 15) is 4.79 Å². The molecule has 0 aliphatic heterocycles. The van der Waals surface area contributed by atoms with Gasteiger partial charge in [0.05, 0.1) is 11.8 Å². The van der Waals surface area contributed by atoms with Crippen molar-refractivity contribution in [3.05, 3.63) is 30.1 Å². The van der Waals surface area contributed by atoms with Crippen molar-refractivity contribution < 1.29 is 9.53 Å². The molecule has 0 saturated heterocycles. The van der Waals surface area contributed by atoms with Crippen LogP contribution in [-0.4, -0.2) is 44.4 Å². The quantitative estimate of drug-likeness (QED) is 0.850. The predicted octanol–water partition coefficient (Wildman–Crippen LogP) is 1.44. The van der Waals surface area contributed by atoms with Crippen LogP contribution in [0.4, 0.5) is 5.69 Å². The number of carbonyl (C=O) groups is 1. The summed E-state index contributed by atoms with van der Waals surface area (Å²) in [4.78, 5) is 12.8. The SMILES string of the molecule is CCOC1CC(N)(C(=O)Nc2cccc(-n3nnnc3C)c2)C1(C)C. The first-order valence-electron chi connectivity index (χ1n) is 8.37. The Morgan fingerprint density at radius 2 is 2.24 bits per heavy atom. The fourth-order valence-electron chi connectivity index (χ4n) is 3.25. The fourth-order valence-corrected chi connectivity index (χ4v) is 3.25. The Morgan fingerprint density at radius 1 is 1.48 bits per heavy atom. The monoisotopic (exact) mass is 344 g/mol. The summed E-state index contributed by atoms with van der Waals surface area (Å²) < 4.78 is 7.29. The van der Waals surface area contributed by atoms with Gasteiger partial charge in [0.25, 0.3) is 0 Å². The van der Waals surface area contributed by atoms with Crippen molar-refractivity contribution >= 4 is 11.6 Å². The molecule has 2 aromatic rings. The summed E-state index contributed by atoms with van der Waals surface area (Å²) in [7, 11) is 0. The first kappa shape index (κ1) is 17.5. The first-order valence-corrected chi connectivity index (χ1v) is 8.37. The lowest BCUT2D eigenvalue weighted by Crippen LogP contribution is -2.74. The average Bonchev–Trinajstić information content (AvgIpc) is 3.00. The summed E-state index contributed by atoms with van der Waals surface area (Å²) >= 11 is 0. The van der Waals surface area contributed by atoms with Gasteiger partial charge in [-0.25, -0.2) is 0 Å². The highest BCUT2D eigenvalue weighted by molar-refractivity contribution is 6.00. The second kappa shape index (κ2) is 6.20. The van der Waals surface area contributed by atoms with Crippen molar-refractivity contribution in [3.8, 4) is 5.69 Å². The van der Waals surface area contributed by atoms with Crippen molar-refractivity contribution in [1.82, 2.24) is 20.2 Å². The molecule has 8 heteroatoms. The predicted molar refractivity (Wildman–Crippen MR) is 93.3 cm³/mol. The highest BCUT2D eigenvalue weighted by Gasteiger charge is 2.62. The van der Waals surface area contributed by atoms with E-state index in [-0.39, 0.29) is 12.0 Å². The van der Waals surface area contributed by atoms with Crippen LogP contribution in [0.25, 0.3) is 5.69 Å². The summed E-state index contributed by atoms with van der Waals surface area (Å²) in [6.07, 6.45) is 0.495. The molecule has 8 nitrogen and oxygen atoms in total. The largest absolute Gasteiger partial charge is 0.378 e. The number of nitrogens with zero attached hydrogens (tertiary/aromatic N) is 4. The van der Waals surface area contributed by atoms with E-state index >= 15 is 0 Å². The smallest absolute Gasteiger partial charge is 0.245 e. The zero-order chi connectivity index (χ0) is 18.2. The summed E-state index contributed by atoms with van der Waals surface area (Å²) in [6, 6.07) is 7.34. The highest BCUT2D eigenvalue weighted by Crippen LogP contribution is 2.50. The molecule has 1 heterocycles. The maximum Gasteiger partial charge on any atom is 0.245 e. The molecule has 134 valence electrons. The van der Waals surface area contributed by atoms with E-state index in [4.69, 9.17) is 10.5 Å². The third kappa shape index (κ3) is 2.81. The van der Waals surface area contributed by atoms with Crippen LogP contribution >= 0.6 is 0 Å². The van der Waals surface area contributed by atoms with Crippen molar-refractivity contribution in [3.63, 3.8) is 0 Å².